The second-order valence-electron chi connectivity index (χ2n) is 3.92. The van der Waals surface area contributed by atoms with Crippen molar-refractivity contribution in [2.24, 2.45) is 0 Å². The molecule has 2 rings (SSSR count). The predicted molar refractivity (Wildman–Crippen MR) is 71.8 cm³/mol. The molecule has 0 bridgehead atoms. The van der Waals surface area contributed by atoms with E-state index in [2.05, 4.69) is 10.3 Å². The zero-order valence-electron chi connectivity index (χ0n) is 9.91. The summed E-state index contributed by atoms with van der Waals surface area (Å²) >= 11 is 5.93. The zero-order chi connectivity index (χ0) is 14.0. The molecular formula is C12H10ClN3O3. The Bertz CT molecular complexity index is 720. The smallest absolute Gasteiger partial charge is 0.321 e. The number of nitrogens with one attached hydrogen (secondary N) is 3. The summed E-state index contributed by atoms with van der Waals surface area (Å²) in [6.07, 6.45) is 0. The molecule has 0 aliphatic carbocycles. The quantitative estimate of drug-likeness (QED) is 0.773. The number of carbonyl (C=O) groups excluding carboxylic acids is 1. The third kappa shape index (κ3) is 3.11. The van der Waals surface area contributed by atoms with Gasteiger partial charge in [0.1, 0.15) is 5.69 Å². The minimum atomic E-state index is -0.736. The predicted octanol–water partition coefficient (Wildman–Crippen LogP) is 1.28. The van der Waals surface area contributed by atoms with Crippen molar-refractivity contribution in [2.75, 3.05) is 5.32 Å². The van der Waals surface area contributed by atoms with Crippen molar-refractivity contribution in [2.45, 2.75) is 6.92 Å². The van der Waals surface area contributed by atoms with E-state index >= 15 is 0 Å². The lowest BCUT2D eigenvalue weighted by Gasteiger charge is -2.06. The maximum atomic E-state index is 11.8. The number of hydrogen-bond donors (Lipinski definition) is 3. The van der Waals surface area contributed by atoms with Gasteiger partial charge < -0.3 is 10.3 Å². The Morgan fingerprint density at radius 3 is 2.58 bits per heavy atom. The van der Waals surface area contributed by atoms with Crippen molar-refractivity contribution >= 4 is 23.2 Å². The van der Waals surface area contributed by atoms with E-state index in [1.165, 1.54) is 0 Å². The van der Waals surface area contributed by atoms with Gasteiger partial charge in [-0.3, -0.25) is 14.6 Å². The van der Waals surface area contributed by atoms with Gasteiger partial charge in [0.15, 0.2) is 0 Å². The summed E-state index contributed by atoms with van der Waals surface area (Å²) in [7, 11) is 0. The van der Waals surface area contributed by atoms with Crippen LogP contribution in [0.1, 0.15) is 16.1 Å². The monoisotopic (exact) mass is 279 g/mol. The van der Waals surface area contributed by atoms with E-state index in [1.54, 1.807) is 18.2 Å². The number of benzene rings is 1. The van der Waals surface area contributed by atoms with Gasteiger partial charge in [0, 0.05) is 16.8 Å². The number of H-pyrrole nitrogens is 2. The van der Waals surface area contributed by atoms with Crippen LogP contribution in [-0.4, -0.2) is 15.9 Å². The number of aryl methyl sites for hydroxylation is 1. The molecule has 0 saturated carbocycles. The summed E-state index contributed by atoms with van der Waals surface area (Å²) in [5.74, 6) is -0.594. The van der Waals surface area contributed by atoms with Gasteiger partial charge >= 0.3 is 5.69 Å². The number of hydrogen-bond acceptors (Lipinski definition) is 3. The first-order valence-corrected chi connectivity index (χ1v) is 5.74. The topological polar surface area (TPSA) is 94.8 Å². The molecule has 3 N–H and O–H groups in total. The summed E-state index contributed by atoms with van der Waals surface area (Å²) < 4.78 is 0. The highest BCUT2D eigenvalue weighted by Crippen LogP contribution is 2.20. The number of amides is 1. The van der Waals surface area contributed by atoms with Crippen LogP contribution in [-0.2, 0) is 0 Å². The van der Waals surface area contributed by atoms with Crippen molar-refractivity contribution < 1.29 is 4.79 Å². The number of halogens is 1. The van der Waals surface area contributed by atoms with Crippen molar-refractivity contribution in [1.82, 2.24) is 9.97 Å². The molecule has 0 atom stereocenters. The van der Waals surface area contributed by atoms with Crippen LogP contribution in [0.5, 0.6) is 0 Å². The van der Waals surface area contributed by atoms with Crippen LogP contribution in [0.2, 0.25) is 5.02 Å². The Hall–Kier alpha value is -2.34. The van der Waals surface area contributed by atoms with E-state index in [0.717, 1.165) is 11.6 Å². The van der Waals surface area contributed by atoms with Crippen LogP contribution in [0.3, 0.4) is 0 Å². The Morgan fingerprint density at radius 2 is 1.95 bits per heavy atom. The fourth-order valence-electron chi connectivity index (χ4n) is 1.46. The molecule has 0 aliphatic heterocycles. The minimum absolute atomic E-state index is 0.120. The van der Waals surface area contributed by atoms with E-state index in [0.29, 0.717) is 10.7 Å². The second kappa shape index (κ2) is 5.11. The highest BCUT2D eigenvalue weighted by molar-refractivity contribution is 6.31. The summed E-state index contributed by atoms with van der Waals surface area (Å²) in [5.41, 5.74) is -0.146. The summed E-state index contributed by atoms with van der Waals surface area (Å²) in [5, 5.41) is 3.05. The van der Waals surface area contributed by atoms with Gasteiger partial charge in [-0.15, -0.1) is 0 Å². The highest BCUT2D eigenvalue weighted by atomic mass is 35.5. The largest absolute Gasteiger partial charge is 0.326 e. The molecule has 1 aromatic heterocycles. The summed E-state index contributed by atoms with van der Waals surface area (Å²) in [6.45, 7) is 1.84. The molecule has 7 heteroatoms. The normalized spacial score (nSPS) is 10.2. The van der Waals surface area contributed by atoms with Gasteiger partial charge in [0.25, 0.3) is 11.5 Å². The zero-order valence-corrected chi connectivity index (χ0v) is 10.7. The van der Waals surface area contributed by atoms with Crippen molar-refractivity contribution in [1.29, 1.82) is 0 Å². The first kappa shape index (κ1) is 13.1. The Kier molecular flexibility index (Phi) is 3.52. The lowest BCUT2D eigenvalue weighted by Crippen LogP contribution is -2.27. The standard InChI is InChI=1S/C12H10ClN3O3/c1-6-2-3-7(4-8(6)13)14-11(18)9-5-10(17)16-12(19)15-9/h2-5H,1H3,(H,14,18)(H2,15,16,17,19). The fourth-order valence-corrected chi connectivity index (χ4v) is 1.64. The maximum Gasteiger partial charge on any atom is 0.326 e. The van der Waals surface area contributed by atoms with Crippen molar-refractivity contribution in [3.63, 3.8) is 0 Å². The van der Waals surface area contributed by atoms with Gasteiger partial charge in [0.05, 0.1) is 0 Å². The lowest BCUT2D eigenvalue weighted by molar-refractivity contribution is 0.102. The van der Waals surface area contributed by atoms with Crippen LogP contribution in [0.25, 0.3) is 0 Å². The molecule has 1 heterocycles. The molecule has 1 aromatic carbocycles. The first-order chi connectivity index (χ1) is 8.95. The fraction of sp³-hybridized carbons (Fsp3) is 0.0833. The Balaban J connectivity index is 2.27. The van der Waals surface area contributed by atoms with Gasteiger partial charge in [-0.1, -0.05) is 17.7 Å². The second-order valence-corrected chi connectivity index (χ2v) is 4.33. The van der Waals surface area contributed by atoms with E-state index in [1.807, 2.05) is 11.9 Å². The van der Waals surface area contributed by atoms with E-state index in [9.17, 15) is 14.4 Å². The van der Waals surface area contributed by atoms with Crippen LogP contribution in [0.4, 0.5) is 5.69 Å². The number of rotatable bonds is 2. The van der Waals surface area contributed by atoms with Crippen LogP contribution >= 0.6 is 11.6 Å². The minimum Gasteiger partial charge on any atom is -0.321 e. The molecule has 0 aliphatic rings. The van der Waals surface area contributed by atoms with E-state index < -0.39 is 17.2 Å². The van der Waals surface area contributed by atoms with E-state index in [4.69, 9.17) is 11.6 Å². The molecule has 6 nitrogen and oxygen atoms in total. The number of anilines is 1. The SMILES string of the molecule is Cc1ccc(NC(=O)c2cc(=O)[nH]c(=O)[nH]2)cc1Cl. The molecule has 2 aromatic rings. The van der Waals surface area contributed by atoms with E-state index in [-0.39, 0.29) is 5.69 Å². The molecule has 1 amide bonds. The first-order valence-electron chi connectivity index (χ1n) is 5.37. The van der Waals surface area contributed by atoms with Crippen LogP contribution in [0.15, 0.2) is 33.9 Å². The number of carbonyl (C=O) groups is 1. The van der Waals surface area contributed by atoms with Gasteiger partial charge in [0.2, 0.25) is 0 Å². The molecule has 0 saturated heterocycles. The Labute approximate surface area is 112 Å². The third-order valence-electron chi connectivity index (χ3n) is 2.43. The molecule has 19 heavy (non-hydrogen) atoms. The van der Waals surface area contributed by atoms with Crippen molar-refractivity contribution in [3.05, 3.63) is 61.4 Å². The lowest BCUT2D eigenvalue weighted by atomic mass is 10.2. The number of aromatic nitrogens is 2. The molecule has 0 fully saturated rings. The Morgan fingerprint density at radius 1 is 1.21 bits per heavy atom. The average molecular weight is 280 g/mol. The van der Waals surface area contributed by atoms with Crippen LogP contribution < -0.4 is 16.6 Å². The molecule has 0 unspecified atom stereocenters. The molecular weight excluding hydrogens is 270 g/mol. The molecule has 98 valence electrons. The number of aromatic amines is 2. The highest BCUT2D eigenvalue weighted by Gasteiger charge is 2.09. The van der Waals surface area contributed by atoms with Crippen LogP contribution in [0, 0.1) is 6.92 Å². The molecule has 0 radical (unpaired) electrons. The average Bonchev–Trinajstić information content (AvgIpc) is 2.32. The summed E-state index contributed by atoms with van der Waals surface area (Å²) in [4.78, 5) is 38.2. The van der Waals surface area contributed by atoms with Gasteiger partial charge in [-0.05, 0) is 24.6 Å². The van der Waals surface area contributed by atoms with Gasteiger partial charge in [-0.25, -0.2) is 4.79 Å². The third-order valence-corrected chi connectivity index (χ3v) is 2.84. The maximum absolute atomic E-state index is 11.8. The van der Waals surface area contributed by atoms with Crippen molar-refractivity contribution in [3.8, 4) is 0 Å². The summed E-state index contributed by atoms with van der Waals surface area (Å²) in [6, 6.07) is 6.01. The molecule has 0 spiro atoms. The van der Waals surface area contributed by atoms with Gasteiger partial charge in [-0.2, -0.15) is 0 Å².